The number of hydrogen-bond donors (Lipinski definition) is 2. The van der Waals surface area contributed by atoms with Gasteiger partial charge in [-0.05, 0) is 49.2 Å². The third-order valence-electron chi connectivity index (χ3n) is 4.65. The fourth-order valence-corrected chi connectivity index (χ4v) is 3.66. The maximum atomic E-state index is 12.4. The Bertz CT molecular complexity index is 1050. The third kappa shape index (κ3) is 6.14. The second kappa shape index (κ2) is 10.7. The quantitative estimate of drug-likeness (QED) is 0.489. The van der Waals surface area contributed by atoms with Crippen LogP contribution in [-0.2, 0) is 16.6 Å². The first-order valence-corrected chi connectivity index (χ1v) is 11.1. The molecular formula is C22H26N6O2S. The normalized spacial score (nSPS) is 10.7. The molecule has 31 heavy (non-hydrogen) atoms. The Kier molecular flexibility index (Phi) is 7.77. The van der Waals surface area contributed by atoms with Gasteiger partial charge in [0.15, 0.2) is 11.0 Å². The molecule has 0 atom stereocenters. The molecule has 0 spiro atoms. The molecule has 1 aromatic carbocycles. The second-order valence-electron chi connectivity index (χ2n) is 7.12. The summed E-state index contributed by atoms with van der Waals surface area (Å²) in [5.41, 5.74) is 3.24. The lowest BCUT2D eigenvalue weighted by atomic mass is 10.1. The Hall–Kier alpha value is -3.20. The van der Waals surface area contributed by atoms with Crippen LogP contribution in [-0.4, -0.2) is 37.3 Å². The molecule has 0 saturated carbocycles. The number of unbranched alkanes of at least 4 members (excludes halogenated alkanes) is 1. The highest BCUT2D eigenvalue weighted by molar-refractivity contribution is 7.99. The van der Waals surface area contributed by atoms with Crippen molar-refractivity contribution in [2.24, 2.45) is 7.05 Å². The van der Waals surface area contributed by atoms with Crippen LogP contribution in [0.5, 0.6) is 0 Å². The van der Waals surface area contributed by atoms with Crippen LogP contribution in [0.2, 0.25) is 0 Å². The van der Waals surface area contributed by atoms with Crippen LogP contribution in [0.15, 0.2) is 47.9 Å². The zero-order valence-electron chi connectivity index (χ0n) is 17.9. The number of aryl methyl sites for hydroxylation is 1. The standard InChI is InChI=1S/C22H26N6O2S/c1-4-5-6-19(29)24-17-7-8-18(15(2)13-17)25-20(30)14-31-22-27-26-21(28(22)3)16-9-11-23-12-10-16/h7-13H,4-6,14H2,1-3H3,(H,24,29)(H,25,30). The van der Waals surface area contributed by atoms with E-state index in [4.69, 9.17) is 0 Å². The van der Waals surface area contributed by atoms with Gasteiger partial charge in [0.05, 0.1) is 5.75 Å². The molecule has 2 N–H and O–H groups in total. The van der Waals surface area contributed by atoms with E-state index in [1.54, 1.807) is 24.5 Å². The van der Waals surface area contributed by atoms with E-state index in [1.165, 1.54) is 11.8 Å². The molecule has 162 valence electrons. The molecule has 0 aliphatic heterocycles. The molecule has 0 unspecified atom stereocenters. The number of hydrogen-bond acceptors (Lipinski definition) is 6. The van der Waals surface area contributed by atoms with Crippen molar-refractivity contribution in [3.63, 3.8) is 0 Å². The topological polar surface area (TPSA) is 102 Å². The van der Waals surface area contributed by atoms with Crippen LogP contribution in [0, 0.1) is 6.92 Å². The Morgan fingerprint density at radius 2 is 1.84 bits per heavy atom. The van der Waals surface area contributed by atoms with Gasteiger partial charge >= 0.3 is 0 Å². The zero-order chi connectivity index (χ0) is 22.2. The van der Waals surface area contributed by atoms with E-state index in [-0.39, 0.29) is 17.6 Å². The summed E-state index contributed by atoms with van der Waals surface area (Å²) in [5, 5.41) is 14.9. The number of carbonyl (C=O) groups excluding carboxylic acids is 2. The smallest absolute Gasteiger partial charge is 0.234 e. The monoisotopic (exact) mass is 438 g/mol. The fraction of sp³-hybridized carbons (Fsp3) is 0.318. The molecule has 0 aliphatic rings. The lowest BCUT2D eigenvalue weighted by molar-refractivity contribution is -0.116. The van der Waals surface area contributed by atoms with Gasteiger partial charge in [-0.25, -0.2) is 0 Å². The summed E-state index contributed by atoms with van der Waals surface area (Å²) in [6.45, 7) is 3.95. The van der Waals surface area contributed by atoms with E-state index in [1.807, 2.05) is 36.7 Å². The predicted octanol–water partition coefficient (Wildman–Crippen LogP) is 4.05. The number of nitrogens with one attached hydrogen (secondary N) is 2. The van der Waals surface area contributed by atoms with Gasteiger partial charge < -0.3 is 15.2 Å². The minimum Gasteiger partial charge on any atom is -0.326 e. The minimum absolute atomic E-state index is 0.00393. The van der Waals surface area contributed by atoms with Crippen LogP contribution in [0.25, 0.3) is 11.4 Å². The van der Waals surface area contributed by atoms with Crippen LogP contribution >= 0.6 is 11.8 Å². The number of thioether (sulfide) groups is 1. The van der Waals surface area contributed by atoms with Crippen molar-refractivity contribution in [3.8, 4) is 11.4 Å². The van der Waals surface area contributed by atoms with Crippen molar-refractivity contribution in [3.05, 3.63) is 48.3 Å². The fourth-order valence-electron chi connectivity index (χ4n) is 2.95. The van der Waals surface area contributed by atoms with Crippen molar-refractivity contribution >= 4 is 35.0 Å². The van der Waals surface area contributed by atoms with E-state index in [9.17, 15) is 9.59 Å². The Morgan fingerprint density at radius 3 is 2.55 bits per heavy atom. The summed E-state index contributed by atoms with van der Waals surface area (Å²) in [6.07, 6.45) is 5.76. The molecule has 0 aliphatic carbocycles. The maximum absolute atomic E-state index is 12.4. The zero-order valence-corrected chi connectivity index (χ0v) is 18.7. The molecule has 8 nitrogen and oxygen atoms in total. The van der Waals surface area contributed by atoms with Gasteiger partial charge in [-0.1, -0.05) is 25.1 Å². The van der Waals surface area contributed by atoms with Crippen molar-refractivity contribution in [1.82, 2.24) is 19.7 Å². The summed E-state index contributed by atoms with van der Waals surface area (Å²) < 4.78 is 1.86. The molecule has 3 aromatic rings. The van der Waals surface area contributed by atoms with E-state index >= 15 is 0 Å². The highest BCUT2D eigenvalue weighted by atomic mass is 32.2. The summed E-state index contributed by atoms with van der Waals surface area (Å²) in [4.78, 5) is 28.3. The van der Waals surface area contributed by atoms with Crippen LogP contribution in [0.3, 0.4) is 0 Å². The summed E-state index contributed by atoms with van der Waals surface area (Å²) in [6, 6.07) is 9.18. The lowest BCUT2D eigenvalue weighted by Gasteiger charge is -2.11. The maximum Gasteiger partial charge on any atom is 0.234 e. The number of pyridine rings is 1. The van der Waals surface area contributed by atoms with Gasteiger partial charge in [-0.3, -0.25) is 14.6 Å². The molecule has 0 saturated heterocycles. The molecule has 2 amide bonds. The summed E-state index contributed by atoms with van der Waals surface area (Å²) >= 11 is 1.32. The van der Waals surface area contributed by atoms with E-state index in [2.05, 4.69) is 32.7 Å². The molecule has 2 heterocycles. The third-order valence-corrected chi connectivity index (χ3v) is 5.67. The minimum atomic E-state index is -0.138. The number of carbonyl (C=O) groups is 2. The first kappa shape index (κ1) is 22.5. The molecule has 2 aromatic heterocycles. The second-order valence-corrected chi connectivity index (χ2v) is 8.06. The van der Waals surface area contributed by atoms with Crippen molar-refractivity contribution in [2.75, 3.05) is 16.4 Å². The van der Waals surface area contributed by atoms with Gasteiger partial charge in [0, 0.05) is 42.8 Å². The molecule has 0 fully saturated rings. The first-order valence-electron chi connectivity index (χ1n) is 10.1. The average Bonchev–Trinajstić information content (AvgIpc) is 3.13. The predicted molar refractivity (Wildman–Crippen MR) is 123 cm³/mol. The van der Waals surface area contributed by atoms with Gasteiger partial charge in [0.2, 0.25) is 11.8 Å². The Balaban J connectivity index is 1.55. The Labute approximate surface area is 185 Å². The highest BCUT2D eigenvalue weighted by Crippen LogP contribution is 2.23. The van der Waals surface area contributed by atoms with Gasteiger partial charge in [0.25, 0.3) is 0 Å². The van der Waals surface area contributed by atoms with E-state index in [0.717, 1.165) is 35.5 Å². The number of aromatic nitrogens is 4. The number of amides is 2. The largest absolute Gasteiger partial charge is 0.326 e. The SMILES string of the molecule is CCCCC(=O)Nc1ccc(NC(=O)CSc2nnc(-c3ccncc3)n2C)c(C)c1. The van der Waals surface area contributed by atoms with E-state index < -0.39 is 0 Å². The van der Waals surface area contributed by atoms with Crippen LogP contribution in [0.4, 0.5) is 11.4 Å². The average molecular weight is 439 g/mol. The van der Waals surface area contributed by atoms with Crippen LogP contribution < -0.4 is 10.6 Å². The van der Waals surface area contributed by atoms with Crippen molar-refractivity contribution in [2.45, 2.75) is 38.3 Å². The molecule has 0 bridgehead atoms. The van der Waals surface area contributed by atoms with Crippen molar-refractivity contribution < 1.29 is 9.59 Å². The summed E-state index contributed by atoms with van der Waals surface area (Å²) in [5.74, 6) is 0.792. The first-order chi connectivity index (χ1) is 15.0. The lowest BCUT2D eigenvalue weighted by Crippen LogP contribution is -2.16. The molecule has 0 radical (unpaired) electrons. The summed E-state index contributed by atoms with van der Waals surface area (Å²) in [7, 11) is 1.87. The van der Waals surface area contributed by atoms with Gasteiger partial charge in [-0.15, -0.1) is 10.2 Å². The van der Waals surface area contributed by atoms with E-state index in [0.29, 0.717) is 17.3 Å². The van der Waals surface area contributed by atoms with Gasteiger partial charge in [0.1, 0.15) is 0 Å². The number of benzene rings is 1. The Morgan fingerprint density at radius 1 is 1.06 bits per heavy atom. The molecular weight excluding hydrogens is 412 g/mol. The highest BCUT2D eigenvalue weighted by Gasteiger charge is 2.13. The number of nitrogens with zero attached hydrogens (tertiary/aromatic N) is 4. The number of rotatable bonds is 9. The van der Waals surface area contributed by atoms with Crippen LogP contribution in [0.1, 0.15) is 31.7 Å². The van der Waals surface area contributed by atoms with Gasteiger partial charge in [-0.2, -0.15) is 0 Å². The molecule has 9 heteroatoms. The number of anilines is 2. The van der Waals surface area contributed by atoms with Crippen molar-refractivity contribution in [1.29, 1.82) is 0 Å². The molecule has 3 rings (SSSR count).